The third-order valence-electron chi connectivity index (χ3n) is 2.64. The summed E-state index contributed by atoms with van der Waals surface area (Å²) < 4.78 is 0. The lowest BCUT2D eigenvalue weighted by molar-refractivity contribution is 0.292. The summed E-state index contributed by atoms with van der Waals surface area (Å²) in [5, 5.41) is 3.15. The third kappa shape index (κ3) is 9.21. The van der Waals surface area contributed by atoms with Crippen LogP contribution >= 0.6 is 24.0 Å². The standard InChI is InChI=1S/C11H26N4.HI/c1-5-15(6-2)9-7-8-10(3)14-11(12)13-4;/h10H,5-9H2,1-4H3,(H3,12,13,14);1H. The van der Waals surface area contributed by atoms with Gasteiger partial charge in [-0.15, -0.1) is 24.0 Å². The molecule has 0 heterocycles. The average molecular weight is 342 g/mol. The normalized spacial score (nSPS) is 13.4. The quantitative estimate of drug-likeness (QED) is 0.420. The van der Waals surface area contributed by atoms with Gasteiger partial charge in [-0.3, -0.25) is 4.99 Å². The van der Waals surface area contributed by atoms with E-state index in [0.29, 0.717) is 12.0 Å². The molecular weight excluding hydrogens is 315 g/mol. The minimum Gasteiger partial charge on any atom is -0.370 e. The Hall–Kier alpha value is -0.0400. The molecule has 0 spiro atoms. The fourth-order valence-corrected chi connectivity index (χ4v) is 1.55. The maximum absolute atomic E-state index is 5.59. The molecule has 4 nitrogen and oxygen atoms in total. The van der Waals surface area contributed by atoms with Gasteiger partial charge in [0.2, 0.25) is 0 Å². The van der Waals surface area contributed by atoms with Gasteiger partial charge in [-0.1, -0.05) is 13.8 Å². The lowest BCUT2D eigenvalue weighted by Gasteiger charge is -2.19. The number of nitrogens with zero attached hydrogens (tertiary/aromatic N) is 2. The monoisotopic (exact) mass is 342 g/mol. The molecule has 5 heteroatoms. The Balaban J connectivity index is 0. The van der Waals surface area contributed by atoms with E-state index in [1.165, 1.54) is 13.0 Å². The first-order chi connectivity index (χ1) is 7.13. The topological polar surface area (TPSA) is 53.6 Å². The predicted molar refractivity (Wildman–Crippen MR) is 82.6 cm³/mol. The van der Waals surface area contributed by atoms with Crippen LogP contribution in [0.4, 0.5) is 0 Å². The largest absolute Gasteiger partial charge is 0.370 e. The number of nitrogens with two attached hydrogens (primary N) is 1. The van der Waals surface area contributed by atoms with Gasteiger partial charge in [-0.25, -0.2) is 0 Å². The molecular formula is C11H27IN4. The van der Waals surface area contributed by atoms with E-state index in [0.717, 1.165) is 19.5 Å². The van der Waals surface area contributed by atoms with Crippen LogP contribution < -0.4 is 11.1 Å². The molecule has 0 bridgehead atoms. The maximum atomic E-state index is 5.59. The Labute approximate surface area is 117 Å². The second-order valence-electron chi connectivity index (χ2n) is 3.82. The van der Waals surface area contributed by atoms with Gasteiger partial charge in [-0.2, -0.15) is 0 Å². The fourth-order valence-electron chi connectivity index (χ4n) is 1.55. The van der Waals surface area contributed by atoms with E-state index >= 15 is 0 Å². The first kappa shape index (κ1) is 18.3. The highest BCUT2D eigenvalue weighted by molar-refractivity contribution is 14.0. The van der Waals surface area contributed by atoms with E-state index in [-0.39, 0.29) is 24.0 Å². The van der Waals surface area contributed by atoms with Crippen molar-refractivity contribution in [3.63, 3.8) is 0 Å². The zero-order valence-corrected chi connectivity index (χ0v) is 13.3. The van der Waals surface area contributed by atoms with Crippen LogP contribution in [0.1, 0.15) is 33.6 Å². The summed E-state index contributed by atoms with van der Waals surface area (Å²) in [6, 6.07) is 0.407. The van der Waals surface area contributed by atoms with Gasteiger partial charge in [0.05, 0.1) is 0 Å². The number of nitrogens with one attached hydrogen (secondary N) is 1. The van der Waals surface area contributed by atoms with Gasteiger partial charge >= 0.3 is 0 Å². The van der Waals surface area contributed by atoms with Crippen molar-refractivity contribution in [3.05, 3.63) is 0 Å². The van der Waals surface area contributed by atoms with Crippen LogP contribution in [0.2, 0.25) is 0 Å². The summed E-state index contributed by atoms with van der Waals surface area (Å²) in [4.78, 5) is 6.31. The third-order valence-corrected chi connectivity index (χ3v) is 2.64. The molecule has 0 saturated carbocycles. The maximum Gasteiger partial charge on any atom is 0.188 e. The molecule has 3 N–H and O–H groups in total. The van der Waals surface area contributed by atoms with Crippen LogP contribution in [0, 0.1) is 0 Å². The molecule has 0 aromatic rings. The van der Waals surface area contributed by atoms with Crippen molar-refractivity contribution < 1.29 is 0 Å². The van der Waals surface area contributed by atoms with Crippen LogP contribution in [-0.2, 0) is 0 Å². The van der Waals surface area contributed by atoms with Crippen molar-refractivity contribution in [1.29, 1.82) is 0 Å². The first-order valence-corrected chi connectivity index (χ1v) is 5.85. The summed E-state index contributed by atoms with van der Waals surface area (Å²) in [6.45, 7) is 9.98. The number of hydrogen-bond acceptors (Lipinski definition) is 2. The average Bonchev–Trinajstić information content (AvgIpc) is 2.24. The molecule has 1 unspecified atom stereocenters. The van der Waals surface area contributed by atoms with Crippen molar-refractivity contribution in [2.45, 2.75) is 39.7 Å². The number of halogens is 1. The van der Waals surface area contributed by atoms with Gasteiger partial charge < -0.3 is 16.0 Å². The Morgan fingerprint density at radius 1 is 1.38 bits per heavy atom. The molecule has 1 atom stereocenters. The van der Waals surface area contributed by atoms with Crippen LogP contribution in [0.5, 0.6) is 0 Å². The van der Waals surface area contributed by atoms with Crippen LogP contribution in [-0.4, -0.2) is 43.6 Å². The highest BCUT2D eigenvalue weighted by Gasteiger charge is 2.04. The predicted octanol–water partition coefficient (Wildman–Crippen LogP) is 1.65. The Morgan fingerprint density at radius 2 is 1.94 bits per heavy atom. The Morgan fingerprint density at radius 3 is 2.38 bits per heavy atom. The van der Waals surface area contributed by atoms with Crippen LogP contribution in [0.25, 0.3) is 0 Å². The summed E-state index contributed by atoms with van der Waals surface area (Å²) >= 11 is 0. The molecule has 0 aliphatic carbocycles. The molecule has 0 aromatic carbocycles. The number of hydrogen-bond donors (Lipinski definition) is 2. The molecule has 16 heavy (non-hydrogen) atoms. The minimum atomic E-state index is 0. The molecule has 0 saturated heterocycles. The molecule has 0 rings (SSSR count). The zero-order chi connectivity index (χ0) is 11.7. The van der Waals surface area contributed by atoms with Crippen molar-refractivity contribution in [1.82, 2.24) is 10.2 Å². The number of guanidine groups is 1. The number of rotatable bonds is 7. The number of aliphatic imine (C=N–C) groups is 1. The van der Waals surface area contributed by atoms with Gasteiger partial charge in [-0.05, 0) is 39.4 Å². The SMILES string of the molecule is CCN(CC)CCCC(C)NC(N)=NC.I. The Kier molecular flexibility index (Phi) is 13.1. The second-order valence-corrected chi connectivity index (χ2v) is 3.82. The summed E-state index contributed by atoms with van der Waals surface area (Å²) in [6.07, 6.45) is 2.33. The van der Waals surface area contributed by atoms with E-state index in [1.807, 2.05) is 0 Å². The van der Waals surface area contributed by atoms with E-state index in [2.05, 4.69) is 36.0 Å². The van der Waals surface area contributed by atoms with Crippen molar-refractivity contribution in [2.75, 3.05) is 26.7 Å². The molecule has 0 amide bonds. The van der Waals surface area contributed by atoms with Crippen molar-refractivity contribution in [2.24, 2.45) is 10.7 Å². The van der Waals surface area contributed by atoms with E-state index in [1.54, 1.807) is 7.05 Å². The highest BCUT2D eigenvalue weighted by Crippen LogP contribution is 1.99. The van der Waals surface area contributed by atoms with Gasteiger partial charge in [0, 0.05) is 13.1 Å². The summed E-state index contributed by atoms with van der Waals surface area (Å²) in [7, 11) is 1.70. The molecule has 0 aromatic heterocycles. The van der Waals surface area contributed by atoms with Crippen LogP contribution in [0.15, 0.2) is 4.99 Å². The van der Waals surface area contributed by atoms with E-state index in [4.69, 9.17) is 5.73 Å². The van der Waals surface area contributed by atoms with Gasteiger partial charge in [0.15, 0.2) is 5.96 Å². The molecule has 0 aliphatic rings. The van der Waals surface area contributed by atoms with Gasteiger partial charge in [0.1, 0.15) is 0 Å². The fraction of sp³-hybridized carbons (Fsp3) is 0.909. The lowest BCUT2D eigenvalue weighted by atomic mass is 10.2. The molecule has 0 fully saturated rings. The van der Waals surface area contributed by atoms with Gasteiger partial charge in [0.25, 0.3) is 0 Å². The minimum absolute atomic E-state index is 0. The summed E-state index contributed by atoms with van der Waals surface area (Å²) in [5.74, 6) is 0.533. The first-order valence-electron chi connectivity index (χ1n) is 5.85. The van der Waals surface area contributed by atoms with Crippen molar-refractivity contribution in [3.8, 4) is 0 Å². The lowest BCUT2D eigenvalue weighted by Crippen LogP contribution is -2.38. The molecule has 0 radical (unpaired) electrons. The van der Waals surface area contributed by atoms with E-state index < -0.39 is 0 Å². The summed E-state index contributed by atoms with van der Waals surface area (Å²) in [5.41, 5.74) is 5.59. The van der Waals surface area contributed by atoms with Crippen LogP contribution in [0.3, 0.4) is 0 Å². The second kappa shape index (κ2) is 11.4. The molecule has 98 valence electrons. The molecule has 0 aliphatic heterocycles. The zero-order valence-electron chi connectivity index (χ0n) is 11.0. The van der Waals surface area contributed by atoms with Crippen molar-refractivity contribution >= 4 is 29.9 Å². The highest BCUT2D eigenvalue weighted by atomic mass is 127. The van der Waals surface area contributed by atoms with E-state index in [9.17, 15) is 0 Å². The Bertz CT molecular complexity index is 181. The smallest absolute Gasteiger partial charge is 0.188 e.